The number of halogens is 1. The first kappa shape index (κ1) is 14.4. The Labute approximate surface area is 116 Å². The van der Waals surface area contributed by atoms with Gasteiger partial charge in [-0.3, -0.25) is 9.69 Å². The number of primary amides is 1. The molecule has 1 fully saturated rings. The molecule has 106 valence electrons. The summed E-state index contributed by atoms with van der Waals surface area (Å²) < 4.78 is 18.5. The molecule has 1 amide bonds. The number of ether oxygens (including phenoxy) is 1. The third-order valence-corrected chi connectivity index (χ3v) is 3.24. The van der Waals surface area contributed by atoms with Crippen molar-refractivity contribution in [2.45, 2.75) is 25.7 Å². The first-order valence-electron chi connectivity index (χ1n) is 6.35. The predicted molar refractivity (Wildman–Crippen MR) is 69.9 cm³/mol. The van der Waals surface area contributed by atoms with Gasteiger partial charge < -0.3 is 10.5 Å². The van der Waals surface area contributed by atoms with Crippen LogP contribution in [0, 0.1) is 17.1 Å². The number of hydrogen-bond donors (Lipinski definition) is 1. The van der Waals surface area contributed by atoms with E-state index in [0.717, 1.165) is 5.56 Å². The summed E-state index contributed by atoms with van der Waals surface area (Å²) in [5, 5.41) is 9.03. The van der Waals surface area contributed by atoms with Crippen LogP contribution < -0.4 is 5.73 Å². The van der Waals surface area contributed by atoms with Gasteiger partial charge in [0.15, 0.2) is 0 Å². The summed E-state index contributed by atoms with van der Waals surface area (Å²) in [5.41, 5.74) is 6.30. The molecule has 1 aromatic carbocycles. The minimum Gasteiger partial charge on any atom is -0.367 e. The molecule has 2 N–H and O–H groups in total. The lowest BCUT2D eigenvalue weighted by molar-refractivity contribution is -0.142. The Hall–Kier alpha value is -1.97. The highest BCUT2D eigenvalue weighted by atomic mass is 19.1. The number of carbonyl (C=O) groups excluding carboxylic acids is 1. The number of morpholine rings is 1. The first-order valence-corrected chi connectivity index (χ1v) is 6.35. The Kier molecular flexibility index (Phi) is 4.32. The lowest BCUT2D eigenvalue weighted by Crippen LogP contribution is -2.51. The molecule has 2 rings (SSSR count). The quantitative estimate of drug-likeness (QED) is 0.885. The van der Waals surface area contributed by atoms with Gasteiger partial charge in [-0.25, -0.2) is 4.39 Å². The molecule has 1 aliphatic rings. The normalized spacial score (nSPS) is 23.2. The fourth-order valence-corrected chi connectivity index (χ4v) is 2.36. The molecule has 1 saturated heterocycles. The Bertz CT molecular complexity index is 556. The van der Waals surface area contributed by atoms with E-state index in [1.807, 2.05) is 17.9 Å². The summed E-state index contributed by atoms with van der Waals surface area (Å²) in [6, 6.07) is 6.11. The van der Waals surface area contributed by atoms with E-state index in [2.05, 4.69) is 0 Å². The fraction of sp³-hybridized carbons (Fsp3) is 0.429. The van der Waals surface area contributed by atoms with Gasteiger partial charge in [0.25, 0.3) is 0 Å². The van der Waals surface area contributed by atoms with Crippen molar-refractivity contribution < 1.29 is 13.9 Å². The third-order valence-electron chi connectivity index (χ3n) is 3.24. The van der Waals surface area contributed by atoms with E-state index in [-0.39, 0.29) is 6.10 Å². The average molecular weight is 277 g/mol. The Morgan fingerprint density at radius 2 is 2.35 bits per heavy atom. The van der Waals surface area contributed by atoms with Gasteiger partial charge in [-0.05, 0) is 24.6 Å². The van der Waals surface area contributed by atoms with Crippen LogP contribution >= 0.6 is 0 Å². The van der Waals surface area contributed by atoms with Gasteiger partial charge in [-0.15, -0.1) is 0 Å². The largest absolute Gasteiger partial charge is 0.367 e. The lowest BCUT2D eigenvalue weighted by Gasteiger charge is -2.35. The fourth-order valence-electron chi connectivity index (χ4n) is 2.36. The first-order chi connectivity index (χ1) is 9.49. The number of hydrogen-bond acceptors (Lipinski definition) is 4. The summed E-state index contributed by atoms with van der Waals surface area (Å²) in [5.74, 6) is -0.933. The smallest absolute Gasteiger partial charge is 0.247 e. The highest BCUT2D eigenvalue weighted by molar-refractivity contribution is 5.79. The molecule has 0 bridgehead atoms. The standard InChI is InChI=1S/C14H16FN3O2/c1-9-6-18(8-13(20-9)14(17)19)7-10-2-3-12(15)4-11(10)5-16/h2-4,9,13H,6-8H2,1H3,(H2,17,19)/t9-,13+/m1/s1. The summed E-state index contributed by atoms with van der Waals surface area (Å²) in [6.45, 7) is 3.33. The molecule has 0 aromatic heterocycles. The molecular formula is C14H16FN3O2. The van der Waals surface area contributed by atoms with Crippen molar-refractivity contribution in [1.29, 1.82) is 5.26 Å². The minimum atomic E-state index is -0.648. The monoisotopic (exact) mass is 277 g/mol. The summed E-state index contributed by atoms with van der Waals surface area (Å²) in [6.07, 6.45) is -0.767. The number of nitrogens with two attached hydrogens (primary N) is 1. The zero-order valence-electron chi connectivity index (χ0n) is 11.2. The molecule has 0 unspecified atom stereocenters. The summed E-state index contributed by atoms with van der Waals surface area (Å²) in [7, 11) is 0. The second-order valence-corrected chi connectivity index (χ2v) is 4.95. The van der Waals surface area contributed by atoms with E-state index in [1.165, 1.54) is 12.1 Å². The van der Waals surface area contributed by atoms with Crippen molar-refractivity contribution in [3.8, 4) is 6.07 Å². The van der Waals surface area contributed by atoms with Crippen LogP contribution in [0.3, 0.4) is 0 Å². The van der Waals surface area contributed by atoms with Gasteiger partial charge in [0, 0.05) is 19.6 Å². The number of rotatable bonds is 3. The molecule has 6 heteroatoms. The Morgan fingerprint density at radius 1 is 1.60 bits per heavy atom. The van der Waals surface area contributed by atoms with E-state index in [4.69, 9.17) is 15.7 Å². The van der Waals surface area contributed by atoms with Crippen molar-refractivity contribution in [1.82, 2.24) is 4.90 Å². The molecule has 1 aliphatic heterocycles. The van der Waals surface area contributed by atoms with Crippen LogP contribution in [0.5, 0.6) is 0 Å². The zero-order chi connectivity index (χ0) is 14.7. The van der Waals surface area contributed by atoms with Gasteiger partial charge >= 0.3 is 0 Å². The topological polar surface area (TPSA) is 79.4 Å². The molecule has 20 heavy (non-hydrogen) atoms. The van der Waals surface area contributed by atoms with Crippen LogP contribution in [-0.4, -0.2) is 36.1 Å². The highest BCUT2D eigenvalue weighted by Crippen LogP contribution is 2.17. The molecule has 0 spiro atoms. The predicted octanol–water partition coefficient (Wildman–Crippen LogP) is 0.772. The number of carbonyl (C=O) groups is 1. The van der Waals surface area contributed by atoms with Crippen molar-refractivity contribution >= 4 is 5.91 Å². The lowest BCUT2D eigenvalue weighted by atomic mass is 10.1. The van der Waals surface area contributed by atoms with Crippen LogP contribution in [0.1, 0.15) is 18.1 Å². The van der Waals surface area contributed by atoms with Crippen molar-refractivity contribution in [2.75, 3.05) is 13.1 Å². The Morgan fingerprint density at radius 3 is 3.00 bits per heavy atom. The maximum absolute atomic E-state index is 13.1. The van der Waals surface area contributed by atoms with E-state index in [9.17, 15) is 9.18 Å². The summed E-state index contributed by atoms with van der Waals surface area (Å²) >= 11 is 0. The van der Waals surface area contributed by atoms with E-state index in [0.29, 0.717) is 25.2 Å². The van der Waals surface area contributed by atoms with Crippen molar-refractivity contribution in [3.63, 3.8) is 0 Å². The molecule has 1 aromatic rings. The third kappa shape index (κ3) is 3.32. The number of nitrogens with zero attached hydrogens (tertiary/aromatic N) is 2. The van der Waals surface area contributed by atoms with Crippen LogP contribution in [0.2, 0.25) is 0 Å². The maximum Gasteiger partial charge on any atom is 0.247 e. The molecule has 1 heterocycles. The van der Waals surface area contributed by atoms with Gasteiger partial charge in [0.1, 0.15) is 11.9 Å². The molecule has 0 saturated carbocycles. The maximum atomic E-state index is 13.1. The molecule has 2 atom stereocenters. The van der Waals surface area contributed by atoms with E-state index >= 15 is 0 Å². The van der Waals surface area contributed by atoms with Crippen LogP contribution in [0.4, 0.5) is 4.39 Å². The minimum absolute atomic E-state index is 0.118. The van der Waals surface area contributed by atoms with Gasteiger partial charge in [0.2, 0.25) is 5.91 Å². The van der Waals surface area contributed by atoms with Gasteiger partial charge in [-0.2, -0.15) is 5.26 Å². The molecule has 0 aliphatic carbocycles. The van der Waals surface area contributed by atoms with Crippen LogP contribution in [-0.2, 0) is 16.1 Å². The van der Waals surface area contributed by atoms with Crippen molar-refractivity contribution in [2.24, 2.45) is 5.73 Å². The van der Waals surface area contributed by atoms with Gasteiger partial charge in [-0.1, -0.05) is 6.07 Å². The van der Waals surface area contributed by atoms with Crippen LogP contribution in [0.25, 0.3) is 0 Å². The zero-order valence-corrected chi connectivity index (χ0v) is 11.2. The van der Waals surface area contributed by atoms with E-state index in [1.54, 1.807) is 6.07 Å². The van der Waals surface area contributed by atoms with E-state index < -0.39 is 17.8 Å². The molecule has 0 radical (unpaired) electrons. The second kappa shape index (κ2) is 5.99. The summed E-state index contributed by atoms with van der Waals surface area (Å²) in [4.78, 5) is 13.2. The average Bonchev–Trinajstić information content (AvgIpc) is 2.40. The second-order valence-electron chi connectivity index (χ2n) is 4.95. The number of amides is 1. The molecular weight excluding hydrogens is 261 g/mol. The van der Waals surface area contributed by atoms with Crippen molar-refractivity contribution in [3.05, 3.63) is 35.1 Å². The Balaban J connectivity index is 2.13. The number of benzene rings is 1. The highest BCUT2D eigenvalue weighted by Gasteiger charge is 2.29. The van der Waals surface area contributed by atoms with Gasteiger partial charge in [0.05, 0.1) is 17.7 Å². The SMILES string of the molecule is C[C@@H]1CN(Cc2ccc(F)cc2C#N)C[C@@H](C(N)=O)O1. The molecule has 5 nitrogen and oxygen atoms in total. The number of nitriles is 1. The van der Waals surface area contributed by atoms with Crippen LogP contribution in [0.15, 0.2) is 18.2 Å².